The molecule has 2 rings (SSSR count). The fourth-order valence-corrected chi connectivity index (χ4v) is 2.74. The summed E-state index contributed by atoms with van der Waals surface area (Å²) < 4.78 is 6.04. The van der Waals surface area contributed by atoms with Gasteiger partial charge in [0.15, 0.2) is 10.8 Å². The molecule has 0 bridgehead atoms. The van der Waals surface area contributed by atoms with Gasteiger partial charge in [0.25, 0.3) is 0 Å². The average molecular weight is 343 g/mol. The van der Waals surface area contributed by atoms with Gasteiger partial charge in [-0.1, -0.05) is 0 Å². The average Bonchev–Trinajstić information content (AvgIpc) is 2.73. The highest BCUT2D eigenvalue weighted by atomic mass is 79.9. The standard InChI is InChI=1S/C12H11BrN2O3S/c1-6-10(11(16)17)15-12(19-6)14-7-3-4-8(13)9(5-7)18-2/h3-5H,1-2H3,(H,14,15)(H,16,17). The van der Waals surface area contributed by atoms with Crippen LogP contribution in [0.1, 0.15) is 15.4 Å². The van der Waals surface area contributed by atoms with Gasteiger partial charge in [-0.25, -0.2) is 9.78 Å². The Hall–Kier alpha value is -1.60. The number of nitrogens with zero attached hydrogens (tertiary/aromatic N) is 1. The SMILES string of the molecule is COc1cc(Nc2nc(C(=O)O)c(C)s2)ccc1Br. The molecule has 0 radical (unpaired) electrons. The van der Waals surface area contributed by atoms with Crippen LogP contribution in [0.25, 0.3) is 0 Å². The summed E-state index contributed by atoms with van der Waals surface area (Å²) in [7, 11) is 1.58. The Bertz CT molecular complexity index is 627. The van der Waals surface area contributed by atoms with Crippen LogP contribution in [0.2, 0.25) is 0 Å². The predicted octanol–water partition coefficient (Wildman–Crippen LogP) is 3.66. The van der Waals surface area contributed by atoms with Gasteiger partial charge in [-0.05, 0) is 35.0 Å². The molecule has 0 aliphatic heterocycles. The summed E-state index contributed by atoms with van der Waals surface area (Å²) in [6.07, 6.45) is 0. The van der Waals surface area contributed by atoms with Gasteiger partial charge >= 0.3 is 5.97 Å². The van der Waals surface area contributed by atoms with Crippen molar-refractivity contribution >= 4 is 44.1 Å². The van der Waals surface area contributed by atoms with Crippen LogP contribution >= 0.6 is 27.3 Å². The van der Waals surface area contributed by atoms with E-state index in [9.17, 15) is 4.79 Å². The zero-order valence-corrected chi connectivity index (χ0v) is 12.6. The quantitative estimate of drug-likeness (QED) is 0.886. The number of nitrogens with one attached hydrogen (secondary N) is 1. The fraction of sp³-hybridized carbons (Fsp3) is 0.167. The lowest BCUT2D eigenvalue weighted by molar-refractivity contribution is 0.0690. The Morgan fingerprint density at radius 3 is 2.84 bits per heavy atom. The molecular weight excluding hydrogens is 332 g/mol. The predicted molar refractivity (Wildman–Crippen MR) is 77.8 cm³/mol. The van der Waals surface area contributed by atoms with Gasteiger partial charge in [0.05, 0.1) is 11.6 Å². The maximum atomic E-state index is 10.9. The van der Waals surface area contributed by atoms with E-state index in [0.29, 0.717) is 15.8 Å². The number of aryl methyl sites for hydroxylation is 1. The van der Waals surface area contributed by atoms with Crippen LogP contribution in [0.4, 0.5) is 10.8 Å². The second-order valence-electron chi connectivity index (χ2n) is 3.70. The van der Waals surface area contributed by atoms with Gasteiger partial charge in [0.1, 0.15) is 5.75 Å². The number of carbonyl (C=O) groups is 1. The van der Waals surface area contributed by atoms with Crippen molar-refractivity contribution in [3.63, 3.8) is 0 Å². The molecule has 2 aromatic rings. The third-order valence-corrected chi connectivity index (χ3v) is 3.94. The Morgan fingerprint density at radius 2 is 2.26 bits per heavy atom. The number of rotatable bonds is 4. The number of aromatic carboxylic acids is 1. The van der Waals surface area contributed by atoms with Crippen LogP contribution in [0.15, 0.2) is 22.7 Å². The summed E-state index contributed by atoms with van der Waals surface area (Å²) in [5.41, 5.74) is 0.863. The van der Waals surface area contributed by atoms with Gasteiger partial charge in [0, 0.05) is 16.6 Å². The van der Waals surface area contributed by atoms with Crippen LogP contribution in [-0.4, -0.2) is 23.2 Å². The first kappa shape index (κ1) is 13.8. The molecule has 0 aliphatic rings. The minimum absolute atomic E-state index is 0.0802. The molecule has 0 saturated carbocycles. The highest BCUT2D eigenvalue weighted by Gasteiger charge is 2.14. The highest BCUT2D eigenvalue weighted by molar-refractivity contribution is 9.10. The lowest BCUT2D eigenvalue weighted by Gasteiger charge is -2.07. The lowest BCUT2D eigenvalue weighted by atomic mass is 10.3. The fourth-order valence-electron chi connectivity index (χ4n) is 1.51. The highest BCUT2D eigenvalue weighted by Crippen LogP contribution is 2.31. The van der Waals surface area contributed by atoms with Gasteiger partial charge in [-0.3, -0.25) is 0 Å². The molecule has 0 spiro atoms. The van der Waals surface area contributed by atoms with Gasteiger partial charge < -0.3 is 15.2 Å². The van der Waals surface area contributed by atoms with E-state index in [4.69, 9.17) is 9.84 Å². The smallest absolute Gasteiger partial charge is 0.355 e. The van der Waals surface area contributed by atoms with Crippen molar-refractivity contribution in [2.75, 3.05) is 12.4 Å². The zero-order chi connectivity index (χ0) is 14.0. The molecule has 7 heteroatoms. The zero-order valence-electron chi connectivity index (χ0n) is 10.2. The van der Waals surface area contributed by atoms with E-state index >= 15 is 0 Å². The molecule has 0 fully saturated rings. The molecule has 0 amide bonds. The van der Waals surface area contributed by atoms with Crippen LogP contribution in [0.3, 0.4) is 0 Å². The van der Waals surface area contributed by atoms with Crippen LogP contribution in [-0.2, 0) is 0 Å². The van der Waals surface area contributed by atoms with Crippen molar-refractivity contribution in [3.8, 4) is 5.75 Å². The van der Waals surface area contributed by atoms with Crippen molar-refractivity contribution < 1.29 is 14.6 Å². The van der Waals surface area contributed by atoms with Crippen molar-refractivity contribution in [2.24, 2.45) is 0 Å². The number of methoxy groups -OCH3 is 1. The van der Waals surface area contributed by atoms with Crippen LogP contribution < -0.4 is 10.1 Å². The number of hydrogen-bond donors (Lipinski definition) is 2. The van der Waals surface area contributed by atoms with E-state index in [-0.39, 0.29) is 5.69 Å². The number of halogens is 1. The lowest BCUT2D eigenvalue weighted by Crippen LogP contribution is -1.99. The Kier molecular flexibility index (Phi) is 4.06. The maximum absolute atomic E-state index is 10.9. The molecule has 2 N–H and O–H groups in total. The minimum Gasteiger partial charge on any atom is -0.495 e. The molecule has 1 heterocycles. The molecule has 0 aliphatic carbocycles. The van der Waals surface area contributed by atoms with Crippen molar-refractivity contribution in [1.29, 1.82) is 0 Å². The summed E-state index contributed by atoms with van der Waals surface area (Å²) in [5, 5.41) is 12.6. The Morgan fingerprint density at radius 1 is 1.53 bits per heavy atom. The number of carboxylic acids is 1. The first-order valence-electron chi connectivity index (χ1n) is 5.32. The van der Waals surface area contributed by atoms with E-state index in [1.807, 2.05) is 12.1 Å². The molecule has 1 aromatic carbocycles. The third-order valence-electron chi connectivity index (χ3n) is 2.40. The number of anilines is 2. The first-order chi connectivity index (χ1) is 9.01. The number of thiazole rings is 1. The molecule has 100 valence electrons. The molecule has 0 atom stereocenters. The van der Waals surface area contributed by atoms with Crippen LogP contribution in [0, 0.1) is 6.92 Å². The summed E-state index contributed by atoms with van der Waals surface area (Å²) in [4.78, 5) is 15.6. The topological polar surface area (TPSA) is 71.5 Å². The monoisotopic (exact) mass is 342 g/mol. The van der Waals surface area contributed by atoms with E-state index in [2.05, 4.69) is 26.2 Å². The van der Waals surface area contributed by atoms with Gasteiger partial charge in [-0.15, -0.1) is 11.3 Å². The molecule has 0 saturated heterocycles. The summed E-state index contributed by atoms with van der Waals surface area (Å²) in [6, 6.07) is 5.50. The van der Waals surface area contributed by atoms with Crippen molar-refractivity contribution in [2.45, 2.75) is 6.92 Å². The summed E-state index contributed by atoms with van der Waals surface area (Å²) in [6.45, 7) is 1.73. The van der Waals surface area contributed by atoms with Crippen molar-refractivity contribution in [3.05, 3.63) is 33.2 Å². The number of benzene rings is 1. The maximum Gasteiger partial charge on any atom is 0.355 e. The van der Waals surface area contributed by atoms with Crippen molar-refractivity contribution in [1.82, 2.24) is 4.98 Å². The normalized spacial score (nSPS) is 10.3. The first-order valence-corrected chi connectivity index (χ1v) is 6.93. The minimum atomic E-state index is -1.02. The number of aromatic nitrogens is 1. The molecule has 5 nitrogen and oxygen atoms in total. The van der Waals surface area contributed by atoms with E-state index in [1.54, 1.807) is 20.1 Å². The Labute approximate surface area is 122 Å². The van der Waals surface area contributed by atoms with Gasteiger partial charge in [0.2, 0.25) is 0 Å². The summed E-state index contributed by atoms with van der Waals surface area (Å²) in [5.74, 6) is -0.327. The summed E-state index contributed by atoms with van der Waals surface area (Å²) >= 11 is 4.67. The molecule has 19 heavy (non-hydrogen) atoms. The third kappa shape index (κ3) is 3.05. The Balaban J connectivity index is 2.26. The van der Waals surface area contributed by atoms with Gasteiger partial charge in [-0.2, -0.15) is 0 Å². The number of hydrogen-bond acceptors (Lipinski definition) is 5. The van der Waals surface area contributed by atoms with E-state index in [1.165, 1.54) is 11.3 Å². The second kappa shape index (κ2) is 5.58. The van der Waals surface area contributed by atoms with E-state index < -0.39 is 5.97 Å². The van der Waals surface area contributed by atoms with E-state index in [0.717, 1.165) is 10.2 Å². The molecule has 1 aromatic heterocycles. The van der Waals surface area contributed by atoms with Crippen LogP contribution in [0.5, 0.6) is 5.75 Å². The largest absolute Gasteiger partial charge is 0.495 e. The molecule has 0 unspecified atom stereocenters. The number of ether oxygens (including phenoxy) is 1. The second-order valence-corrected chi connectivity index (χ2v) is 5.76. The molecular formula is C12H11BrN2O3S. The number of carboxylic acid groups (broad SMARTS) is 1.